The molecule has 1 aromatic heterocycles. The fourth-order valence-corrected chi connectivity index (χ4v) is 1.36. The van der Waals surface area contributed by atoms with Crippen LogP contribution in [0.4, 0.5) is 11.4 Å². The van der Waals surface area contributed by atoms with Crippen LogP contribution in [0, 0.1) is 6.92 Å². The van der Waals surface area contributed by atoms with Crippen LogP contribution in [0.2, 0.25) is 0 Å². The fourth-order valence-electron chi connectivity index (χ4n) is 1.36. The van der Waals surface area contributed by atoms with Crippen molar-refractivity contribution in [3.63, 3.8) is 0 Å². The maximum Gasteiger partial charge on any atom is 0.257 e. The van der Waals surface area contributed by atoms with Crippen LogP contribution in [0.3, 0.4) is 0 Å². The molecule has 0 aliphatic carbocycles. The number of aromatic nitrogens is 2. The quantitative estimate of drug-likeness (QED) is 0.765. The van der Waals surface area contributed by atoms with E-state index in [0.717, 1.165) is 0 Å². The molecule has 3 N–H and O–H groups in total. The first-order valence-corrected chi connectivity index (χ1v) is 5.11. The van der Waals surface area contributed by atoms with Gasteiger partial charge in [-0.05, 0) is 19.1 Å². The number of para-hydroxylation sites is 1. The summed E-state index contributed by atoms with van der Waals surface area (Å²) in [5.74, 6) is 0.387. The van der Waals surface area contributed by atoms with Gasteiger partial charge in [0.05, 0.1) is 23.6 Å². The van der Waals surface area contributed by atoms with Gasteiger partial charge in [0.15, 0.2) is 0 Å². The van der Waals surface area contributed by atoms with Crippen LogP contribution in [0.5, 0.6) is 0 Å². The van der Waals surface area contributed by atoms with E-state index >= 15 is 0 Å². The molecule has 0 saturated carbocycles. The zero-order chi connectivity index (χ0) is 12.3. The number of nitrogens with one attached hydrogen (secondary N) is 1. The Kier molecular flexibility index (Phi) is 3.00. The van der Waals surface area contributed by atoms with Crippen LogP contribution in [-0.4, -0.2) is 15.9 Å². The zero-order valence-corrected chi connectivity index (χ0v) is 9.34. The lowest BCUT2D eigenvalue weighted by Gasteiger charge is -2.06. The van der Waals surface area contributed by atoms with Crippen molar-refractivity contribution in [2.45, 2.75) is 6.92 Å². The molecule has 5 nitrogen and oxygen atoms in total. The summed E-state index contributed by atoms with van der Waals surface area (Å²) in [4.78, 5) is 19.9. The van der Waals surface area contributed by atoms with Crippen molar-refractivity contribution in [3.05, 3.63) is 48.0 Å². The maximum atomic E-state index is 11.9. The number of nitrogen functional groups attached to an aromatic ring is 1. The van der Waals surface area contributed by atoms with E-state index in [-0.39, 0.29) is 5.91 Å². The first-order valence-electron chi connectivity index (χ1n) is 5.11. The summed E-state index contributed by atoms with van der Waals surface area (Å²) in [6, 6.07) is 6.89. The van der Waals surface area contributed by atoms with E-state index in [9.17, 15) is 4.79 Å². The van der Waals surface area contributed by atoms with Gasteiger partial charge in [0, 0.05) is 5.69 Å². The van der Waals surface area contributed by atoms with E-state index in [0.29, 0.717) is 22.8 Å². The number of amides is 1. The molecule has 0 bridgehead atoms. The van der Waals surface area contributed by atoms with Crippen molar-refractivity contribution in [3.8, 4) is 0 Å². The number of nitrogens with two attached hydrogens (primary N) is 1. The number of nitrogens with zero attached hydrogens (tertiary/aromatic N) is 2. The third-order valence-corrected chi connectivity index (χ3v) is 2.24. The van der Waals surface area contributed by atoms with E-state index in [1.165, 1.54) is 0 Å². The topological polar surface area (TPSA) is 80.9 Å². The standard InChI is InChI=1S/C12H12N4O/c1-8-14-6-9(7-15-8)16-12(17)10-4-2-3-5-11(10)13/h2-7H,13H2,1H3,(H,16,17). The van der Waals surface area contributed by atoms with Gasteiger partial charge in [-0.1, -0.05) is 12.1 Å². The molecule has 1 heterocycles. The van der Waals surface area contributed by atoms with Gasteiger partial charge >= 0.3 is 0 Å². The molecule has 0 fully saturated rings. The Morgan fingerprint density at radius 1 is 1.24 bits per heavy atom. The molecule has 1 amide bonds. The SMILES string of the molecule is Cc1ncc(NC(=O)c2ccccc2N)cn1. The minimum absolute atomic E-state index is 0.268. The number of anilines is 2. The Hall–Kier alpha value is -2.43. The van der Waals surface area contributed by atoms with Crippen molar-refractivity contribution >= 4 is 17.3 Å². The van der Waals surface area contributed by atoms with Crippen molar-refractivity contribution in [2.75, 3.05) is 11.1 Å². The summed E-state index contributed by atoms with van der Waals surface area (Å²) >= 11 is 0. The lowest BCUT2D eigenvalue weighted by molar-refractivity contribution is 0.102. The highest BCUT2D eigenvalue weighted by atomic mass is 16.1. The second kappa shape index (κ2) is 4.61. The predicted octanol–water partition coefficient (Wildman–Crippen LogP) is 1.62. The first kappa shape index (κ1) is 11.1. The van der Waals surface area contributed by atoms with Gasteiger partial charge in [-0.25, -0.2) is 9.97 Å². The molecule has 2 rings (SSSR count). The smallest absolute Gasteiger partial charge is 0.257 e. The zero-order valence-electron chi connectivity index (χ0n) is 9.34. The molecule has 1 aromatic carbocycles. The minimum Gasteiger partial charge on any atom is -0.398 e. The van der Waals surface area contributed by atoms with Crippen LogP contribution < -0.4 is 11.1 Å². The Balaban J connectivity index is 2.17. The summed E-state index contributed by atoms with van der Waals surface area (Å²) in [7, 11) is 0. The largest absolute Gasteiger partial charge is 0.398 e. The molecular formula is C12H12N4O. The molecule has 0 saturated heterocycles. The number of rotatable bonds is 2. The molecule has 2 aromatic rings. The molecule has 0 unspecified atom stereocenters. The predicted molar refractivity (Wildman–Crippen MR) is 65.6 cm³/mol. The van der Waals surface area contributed by atoms with Gasteiger partial charge in [0.1, 0.15) is 5.82 Å². The maximum absolute atomic E-state index is 11.9. The third-order valence-electron chi connectivity index (χ3n) is 2.24. The number of hydrogen-bond acceptors (Lipinski definition) is 4. The van der Waals surface area contributed by atoms with E-state index in [4.69, 9.17) is 5.73 Å². The molecule has 0 aliphatic heterocycles. The van der Waals surface area contributed by atoms with E-state index in [2.05, 4.69) is 15.3 Å². The van der Waals surface area contributed by atoms with Crippen LogP contribution in [0.25, 0.3) is 0 Å². The van der Waals surface area contributed by atoms with Crippen LogP contribution in [0.15, 0.2) is 36.7 Å². The Labute approximate surface area is 98.7 Å². The molecule has 86 valence electrons. The van der Waals surface area contributed by atoms with E-state index < -0.39 is 0 Å². The highest BCUT2D eigenvalue weighted by molar-refractivity contribution is 6.07. The van der Waals surface area contributed by atoms with Crippen LogP contribution >= 0.6 is 0 Å². The normalized spacial score (nSPS) is 9.94. The Morgan fingerprint density at radius 2 is 1.88 bits per heavy atom. The number of carbonyl (C=O) groups is 1. The molecular weight excluding hydrogens is 216 g/mol. The van der Waals surface area contributed by atoms with Crippen molar-refractivity contribution in [1.29, 1.82) is 0 Å². The molecule has 0 spiro atoms. The third kappa shape index (κ3) is 2.57. The fraction of sp³-hybridized carbons (Fsp3) is 0.0833. The number of carbonyl (C=O) groups excluding carboxylic acids is 1. The highest BCUT2D eigenvalue weighted by Crippen LogP contribution is 2.13. The van der Waals surface area contributed by atoms with Gasteiger partial charge < -0.3 is 11.1 Å². The Bertz CT molecular complexity index is 536. The monoisotopic (exact) mass is 228 g/mol. The molecule has 17 heavy (non-hydrogen) atoms. The van der Waals surface area contributed by atoms with E-state index in [1.807, 2.05) is 0 Å². The van der Waals surface area contributed by atoms with Gasteiger partial charge in [-0.2, -0.15) is 0 Å². The molecule has 5 heteroatoms. The second-order valence-corrected chi connectivity index (χ2v) is 3.56. The van der Waals surface area contributed by atoms with Crippen LogP contribution in [0.1, 0.15) is 16.2 Å². The average molecular weight is 228 g/mol. The first-order chi connectivity index (χ1) is 8.16. The van der Waals surface area contributed by atoms with Gasteiger partial charge in [-0.3, -0.25) is 4.79 Å². The van der Waals surface area contributed by atoms with Gasteiger partial charge in [-0.15, -0.1) is 0 Å². The van der Waals surface area contributed by atoms with E-state index in [1.54, 1.807) is 43.6 Å². The summed E-state index contributed by atoms with van der Waals surface area (Å²) < 4.78 is 0. The van der Waals surface area contributed by atoms with Crippen LogP contribution in [-0.2, 0) is 0 Å². The summed E-state index contributed by atoms with van der Waals surface area (Å²) in [5.41, 5.74) is 7.13. The lowest BCUT2D eigenvalue weighted by atomic mass is 10.1. The lowest BCUT2D eigenvalue weighted by Crippen LogP contribution is -2.14. The minimum atomic E-state index is -0.268. The van der Waals surface area contributed by atoms with Gasteiger partial charge in [0.25, 0.3) is 5.91 Å². The van der Waals surface area contributed by atoms with Crippen molar-refractivity contribution in [1.82, 2.24) is 9.97 Å². The number of hydrogen-bond donors (Lipinski definition) is 2. The highest BCUT2D eigenvalue weighted by Gasteiger charge is 2.09. The number of aryl methyl sites for hydroxylation is 1. The molecule has 0 radical (unpaired) electrons. The summed E-state index contributed by atoms with van der Waals surface area (Å²) in [5, 5.41) is 2.68. The Morgan fingerprint density at radius 3 is 2.53 bits per heavy atom. The summed E-state index contributed by atoms with van der Waals surface area (Å²) in [6.07, 6.45) is 3.11. The number of benzene rings is 1. The average Bonchev–Trinajstić information content (AvgIpc) is 2.32. The summed E-state index contributed by atoms with van der Waals surface area (Å²) in [6.45, 7) is 1.78. The van der Waals surface area contributed by atoms with Crippen molar-refractivity contribution in [2.24, 2.45) is 0 Å². The van der Waals surface area contributed by atoms with Gasteiger partial charge in [0.2, 0.25) is 0 Å². The van der Waals surface area contributed by atoms with Crippen molar-refractivity contribution < 1.29 is 4.79 Å². The second-order valence-electron chi connectivity index (χ2n) is 3.56. The molecule has 0 atom stereocenters. The molecule has 0 aliphatic rings.